The first-order chi connectivity index (χ1) is 9.27. The van der Waals surface area contributed by atoms with E-state index in [0.29, 0.717) is 13.2 Å². The summed E-state index contributed by atoms with van der Waals surface area (Å²) in [4.78, 5) is 13.9. The molecule has 1 saturated heterocycles. The van der Waals surface area contributed by atoms with Crippen molar-refractivity contribution in [2.24, 2.45) is 0 Å². The highest BCUT2D eigenvalue weighted by molar-refractivity contribution is 5.85. The molecular formula is C15H23ClN2O2. The molecule has 1 heterocycles. The Balaban J connectivity index is 0.00000200. The Bertz CT molecular complexity index is 394. The van der Waals surface area contributed by atoms with Gasteiger partial charge in [0.15, 0.2) is 0 Å². The first-order valence-corrected chi connectivity index (χ1v) is 6.93. The lowest BCUT2D eigenvalue weighted by atomic mass is 10.0. The van der Waals surface area contributed by atoms with Gasteiger partial charge in [-0.1, -0.05) is 24.6 Å². The minimum atomic E-state index is -0.00419. The maximum atomic E-state index is 12.1. The number of nitrogens with one attached hydrogen (secondary N) is 1. The number of carbonyl (C=O) groups excluding carboxylic acids is 1. The number of likely N-dealkylation sites (N-methyl/N-ethyl adjacent to an activating group) is 1. The lowest BCUT2D eigenvalue weighted by Crippen LogP contribution is -2.48. The lowest BCUT2D eigenvalue weighted by Gasteiger charge is -2.27. The summed E-state index contributed by atoms with van der Waals surface area (Å²) in [6.45, 7) is 2.09. The van der Waals surface area contributed by atoms with Crippen LogP contribution >= 0.6 is 12.4 Å². The van der Waals surface area contributed by atoms with Crippen molar-refractivity contribution in [1.29, 1.82) is 0 Å². The summed E-state index contributed by atoms with van der Waals surface area (Å²) in [5.74, 6) is 1.02. The van der Waals surface area contributed by atoms with E-state index in [0.717, 1.165) is 25.1 Å². The van der Waals surface area contributed by atoms with Crippen LogP contribution in [0.2, 0.25) is 0 Å². The Morgan fingerprint density at radius 2 is 2.10 bits per heavy atom. The molecule has 5 heteroatoms. The molecule has 0 bridgehead atoms. The molecule has 1 aliphatic heterocycles. The second-order valence-corrected chi connectivity index (χ2v) is 4.92. The average molecular weight is 299 g/mol. The predicted molar refractivity (Wildman–Crippen MR) is 82.5 cm³/mol. The van der Waals surface area contributed by atoms with Crippen LogP contribution in [0.3, 0.4) is 0 Å². The number of para-hydroxylation sites is 1. The molecule has 0 aliphatic carbocycles. The number of piperidine rings is 1. The van der Waals surface area contributed by atoms with Gasteiger partial charge < -0.3 is 15.0 Å². The molecule has 0 spiro atoms. The molecular weight excluding hydrogens is 276 g/mol. The Kier molecular flexibility index (Phi) is 7.41. The minimum absolute atomic E-state index is 0. The molecule has 0 radical (unpaired) electrons. The highest BCUT2D eigenvalue weighted by atomic mass is 35.5. The van der Waals surface area contributed by atoms with Gasteiger partial charge in [-0.2, -0.15) is 0 Å². The maximum absolute atomic E-state index is 12.1. The van der Waals surface area contributed by atoms with E-state index in [-0.39, 0.29) is 24.4 Å². The van der Waals surface area contributed by atoms with Crippen LogP contribution in [0.1, 0.15) is 19.3 Å². The van der Waals surface area contributed by atoms with E-state index in [9.17, 15) is 4.79 Å². The number of hydrogen-bond acceptors (Lipinski definition) is 3. The van der Waals surface area contributed by atoms with E-state index in [1.807, 2.05) is 37.4 Å². The number of amides is 1. The molecule has 1 N–H and O–H groups in total. The average Bonchev–Trinajstić information content (AvgIpc) is 2.48. The molecule has 1 aromatic rings. The highest BCUT2D eigenvalue weighted by Crippen LogP contribution is 2.10. The molecule has 1 amide bonds. The summed E-state index contributed by atoms with van der Waals surface area (Å²) in [6.07, 6.45) is 3.26. The standard InChI is InChI=1S/C15H22N2O2.ClH/c1-17(15(18)14-9-5-6-10-16-14)11-12-19-13-7-3-2-4-8-13;/h2-4,7-8,14,16H,5-6,9-12H2,1H3;1H/t14-;/m1./s1. The number of nitrogens with zero attached hydrogens (tertiary/aromatic N) is 1. The van der Waals surface area contributed by atoms with Gasteiger partial charge >= 0.3 is 0 Å². The summed E-state index contributed by atoms with van der Waals surface area (Å²) < 4.78 is 5.60. The van der Waals surface area contributed by atoms with E-state index in [4.69, 9.17) is 4.74 Å². The smallest absolute Gasteiger partial charge is 0.239 e. The van der Waals surface area contributed by atoms with Crippen molar-refractivity contribution < 1.29 is 9.53 Å². The third-order valence-corrected chi connectivity index (χ3v) is 3.42. The zero-order chi connectivity index (χ0) is 13.5. The number of halogens is 1. The molecule has 0 unspecified atom stereocenters. The van der Waals surface area contributed by atoms with Crippen molar-refractivity contribution in [2.45, 2.75) is 25.3 Å². The van der Waals surface area contributed by atoms with Crippen molar-refractivity contribution in [2.75, 3.05) is 26.7 Å². The van der Waals surface area contributed by atoms with Gasteiger partial charge in [0.05, 0.1) is 12.6 Å². The first kappa shape index (κ1) is 16.8. The van der Waals surface area contributed by atoms with Gasteiger partial charge in [-0.3, -0.25) is 4.79 Å². The number of rotatable bonds is 5. The molecule has 1 aliphatic rings. The Morgan fingerprint density at radius 3 is 2.75 bits per heavy atom. The van der Waals surface area contributed by atoms with Crippen LogP contribution in [0.15, 0.2) is 30.3 Å². The van der Waals surface area contributed by atoms with E-state index in [1.165, 1.54) is 6.42 Å². The van der Waals surface area contributed by atoms with Gasteiger partial charge in [0.25, 0.3) is 0 Å². The van der Waals surface area contributed by atoms with Crippen LogP contribution in [0.4, 0.5) is 0 Å². The SMILES string of the molecule is CN(CCOc1ccccc1)C(=O)[C@H]1CCCCN1.Cl. The van der Waals surface area contributed by atoms with Crippen LogP contribution in [0.5, 0.6) is 5.75 Å². The molecule has 2 rings (SSSR count). The molecule has 1 fully saturated rings. The minimum Gasteiger partial charge on any atom is -0.492 e. The van der Waals surface area contributed by atoms with Crippen molar-refractivity contribution in [3.8, 4) is 5.75 Å². The Morgan fingerprint density at radius 1 is 1.35 bits per heavy atom. The van der Waals surface area contributed by atoms with Crippen LogP contribution in [0.25, 0.3) is 0 Å². The van der Waals surface area contributed by atoms with Crippen LogP contribution in [-0.2, 0) is 4.79 Å². The van der Waals surface area contributed by atoms with Crippen molar-refractivity contribution in [3.05, 3.63) is 30.3 Å². The van der Waals surface area contributed by atoms with Gasteiger partial charge in [0, 0.05) is 7.05 Å². The fraction of sp³-hybridized carbons (Fsp3) is 0.533. The largest absolute Gasteiger partial charge is 0.492 e. The van der Waals surface area contributed by atoms with Gasteiger partial charge in [-0.15, -0.1) is 12.4 Å². The number of hydrogen-bond donors (Lipinski definition) is 1. The maximum Gasteiger partial charge on any atom is 0.239 e. The van der Waals surface area contributed by atoms with E-state index >= 15 is 0 Å². The monoisotopic (exact) mass is 298 g/mol. The van der Waals surface area contributed by atoms with Gasteiger partial charge in [-0.25, -0.2) is 0 Å². The van der Waals surface area contributed by atoms with E-state index < -0.39 is 0 Å². The molecule has 1 aromatic carbocycles. The summed E-state index contributed by atoms with van der Waals surface area (Å²) in [7, 11) is 1.84. The van der Waals surface area contributed by atoms with E-state index in [1.54, 1.807) is 4.90 Å². The molecule has 112 valence electrons. The van der Waals surface area contributed by atoms with Crippen molar-refractivity contribution in [3.63, 3.8) is 0 Å². The number of carbonyl (C=O) groups is 1. The normalized spacial score (nSPS) is 17.9. The van der Waals surface area contributed by atoms with Gasteiger partial charge in [-0.05, 0) is 31.5 Å². The van der Waals surface area contributed by atoms with E-state index in [2.05, 4.69) is 5.32 Å². The lowest BCUT2D eigenvalue weighted by molar-refractivity contribution is -0.133. The summed E-state index contributed by atoms with van der Waals surface area (Å²) in [6, 6.07) is 9.67. The van der Waals surface area contributed by atoms with Crippen LogP contribution < -0.4 is 10.1 Å². The molecule has 4 nitrogen and oxygen atoms in total. The third-order valence-electron chi connectivity index (χ3n) is 3.42. The highest BCUT2D eigenvalue weighted by Gasteiger charge is 2.23. The zero-order valence-electron chi connectivity index (χ0n) is 11.9. The van der Waals surface area contributed by atoms with Crippen molar-refractivity contribution in [1.82, 2.24) is 10.2 Å². The van der Waals surface area contributed by atoms with Crippen LogP contribution in [0, 0.1) is 0 Å². The quantitative estimate of drug-likeness (QED) is 0.905. The number of benzene rings is 1. The van der Waals surface area contributed by atoms with Gasteiger partial charge in [0.2, 0.25) is 5.91 Å². The van der Waals surface area contributed by atoms with Crippen molar-refractivity contribution >= 4 is 18.3 Å². The Labute approximate surface area is 126 Å². The van der Waals surface area contributed by atoms with Crippen LogP contribution in [-0.4, -0.2) is 43.6 Å². The van der Waals surface area contributed by atoms with Gasteiger partial charge in [0.1, 0.15) is 12.4 Å². The molecule has 0 aromatic heterocycles. The molecule has 20 heavy (non-hydrogen) atoms. The first-order valence-electron chi connectivity index (χ1n) is 6.93. The fourth-order valence-corrected chi connectivity index (χ4v) is 2.26. The second kappa shape index (κ2) is 8.82. The summed E-state index contributed by atoms with van der Waals surface area (Å²) >= 11 is 0. The molecule has 0 saturated carbocycles. The number of ether oxygens (including phenoxy) is 1. The summed E-state index contributed by atoms with van der Waals surface area (Å²) in [5.41, 5.74) is 0. The molecule has 1 atom stereocenters. The zero-order valence-corrected chi connectivity index (χ0v) is 12.7. The topological polar surface area (TPSA) is 41.6 Å². The third kappa shape index (κ3) is 5.02. The summed E-state index contributed by atoms with van der Waals surface area (Å²) in [5, 5.41) is 3.28. The Hall–Kier alpha value is -1.26. The second-order valence-electron chi connectivity index (χ2n) is 4.92. The predicted octanol–water partition coefficient (Wildman–Crippen LogP) is 2.09. The fourth-order valence-electron chi connectivity index (χ4n) is 2.26.